The summed E-state index contributed by atoms with van der Waals surface area (Å²) in [5.41, 5.74) is 2.55. The molecule has 3 saturated heterocycles. The van der Waals surface area contributed by atoms with Gasteiger partial charge in [0.05, 0.1) is 12.7 Å². The van der Waals surface area contributed by atoms with E-state index in [1.807, 2.05) is 48.5 Å². The predicted octanol–water partition coefficient (Wildman–Crippen LogP) is 2.36. The molecule has 0 unspecified atom stereocenters. The topological polar surface area (TPSA) is 131 Å². The standard InChI is InChI=1S/C34H46N4O6/c1-2-3-16-38-32(42)29(30(40)27-12-19-44-20-13-27)36-33(43)34(38)14-17-37(18-15-34)22-25-8-10-28(11-9-25)31(41)35-21-24-4-6-26(23-39)7-5-24/h4-11,27,29-30,39-40H,2-3,12-23H2,1H3,(H,35,41)(H,36,43)/t29-,30-/m1/s1. The van der Waals surface area contributed by atoms with Gasteiger partial charge in [-0.1, -0.05) is 49.7 Å². The monoisotopic (exact) mass is 606 g/mol. The lowest BCUT2D eigenvalue weighted by Crippen LogP contribution is -2.75. The number of nitrogens with zero attached hydrogens (tertiary/aromatic N) is 2. The fourth-order valence-corrected chi connectivity index (χ4v) is 6.68. The number of piperidine rings is 1. The van der Waals surface area contributed by atoms with Gasteiger partial charge in [-0.2, -0.15) is 0 Å². The summed E-state index contributed by atoms with van der Waals surface area (Å²) in [4.78, 5) is 44.3. The first-order valence-electron chi connectivity index (χ1n) is 16.0. The van der Waals surface area contributed by atoms with Crippen LogP contribution in [0.1, 0.15) is 72.5 Å². The van der Waals surface area contributed by atoms with Crippen LogP contribution in [0, 0.1) is 5.92 Å². The maximum atomic E-state index is 13.8. The number of benzene rings is 2. The van der Waals surface area contributed by atoms with Crippen molar-refractivity contribution in [2.75, 3.05) is 32.8 Å². The summed E-state index contributed by atoms with van der Waals surface area (Å²) in [5.74, 6) is -0.530. The minimum atomic E-state index is -0.916. The average molecular weight is 607 g/mol. The van der Waals surface area contributed by atoms with Crippen LogP contribution in [-0.4, -0.2) is 88.3 Å². The summed E-state index contributed by atoms with van der Waals surface area (Å²) in [5, 5.41) is 26.2. The second-order valence-corrected chi connectivity index (χ2v) is 12.4. The van der Waals surface area contributed by atoms with Crippen molar-refractivity contribution in [3.63, 3.8) is 0 Å². The fraction of sp³-hybridized carbons (Fsp3) is 0.559. The first kappa shape index (κ1) is 32.1. The molecule has 3 amide bonds. The highest BCUT2D eigenvalue weighted by Crippen LogP contribution is 2.35. The van der Waals surface area contributed by atoms with E-state index in [9.17, 15) is 24.6 Å². The zero-order valence-electron chi connectivity index (χ0n) is 25.7. The molecule has 5 rings (SSSR count). The lowest BCUT2D eigenvalue weighted by molar-refractivity contribution is -0.166. The van der Waals surface area contributed by atoms with Crippen LogP contribution in [0.3, 0.4) is 0 Å². The van der Waals surface area contributed by atoms with E-state index in [0.29, 0.717) is 77.2 Å². The largest absolute Gasteiger partial charge is 0.392 e. The molecule has 0 aliphatic carbocycles. The van der Waals surface area contributed by atoms with Gasteiger partial charge in [-0.05, 0) is 66.8 Å². The molecule has 44 heavy (non-hydrogen) atoms. The second kappa shape index (κ2) is 14.6. The number of piperazine rings is 1. The van der Waals surface area contributed by atoms with Crippen molar-refractivity contribution in [3.05, 3.63) is 70.8 Å². The highest BCUT2D eigenvalue weighted by Gasteiger charge is 2.55. The molecule has 238 valence electrons. The van der Waals surface area contributed by atoms with Gasteiger partial charge in [0.15, 0.2) is 0 Å². The Labute approximate surface area is 259 Å². The summed E-state index contributed by atoms with van der Waals surface area (Å²) >= 11 is 0. The van der Waals surface area contributed by atoms with Crippen molar-refractivity contribution >= 4 is 17.7 Å². The molecule has 10 nitrogen and oxygen atoms in total. The Balaban J connectivity index is 1.17. The van der Waals surface area contributed by atoms with Crippen molar-refractivity contribution < 1.29 is 29.3 Å². The van der Waals surface area contributed by atoms with Crippen molar-refractivity contribution in [3.8, 4) is 0 Å². The molecular formula is C34H46N4O6. The van der Waals surface area contributed by atoms with Crippen molar-refractivity contribution in [1.29, 1.82) is 0 Å². The van der Waals surface area contributed by atoms with E-state index in [1.165, 1.54) is 0 Å². The molecule has 0 radical (unpaired) electrons. The second-order valence-electron chi connectivity index (χ2n) is 12.4. The van der Waals surface area contributed by atoms with Gasteiger partial charge in [0, 0.05) is 51.5 Å². The number of rotatable bonds is 11. The quantitative estimate of drug-likeness (QED) is 0.309. The van der Waals surface area contributed by atoms with Gasteiger partial charge in [0.2, 0.25) is 11.8 Å². The van der Waals surface area contributed by atoms with Crippen molar-refractivity contribution in [2.24, 2.45) is 5.92 Å². The van der Waals surface area contributed by atoms with E-state index in [-0.39, 0.29) is 30.2 Å². The molecule has 2 atom stereocenters. The Bertz CT molecular complexity index is 1270. The summed E-state index contributed by atoms with van der Waals surface area (Å²) in [7, 11) is 0. The van der Waals surface area contributed by atoms with Crippen LogP contribution in [0.4, 0.5) is 0 Å². The summed E-state index contributed by atoms with van der Waals surface area (Å²) < 4.78 is 5.43. The zero-order valence-corrected chi connectivity index (χ0v) is 25.7. The number of hydrogen-bond acceptors (Lipinski definition) is 7. The minimum absolute atomic E-state index is 0.00769. The molecule has 0 saturated carbocycles. The number of nitrogens with one attached hydrogen (secondary N) is 2. The Morgan fingerprint density at radius 3 is 2.30 bits per heavy atom. The molecule has 0 aromatic heterocycles. The Hall–Kier alpha value is -3.31. The van der Waals surface area contributed by atoms with Crippen molar-refractivity contribution in [2.45, 2.75) is 82.8 Å². The van der Waals surface area contributed by atoms with Gasteiger partial charge >= 0.3 is 0 Å². The smallest absolute Gasteiger partial charge is 0.251 e. The molecule has 10 heteroatoms. The van der Waals surface area contributed by atoms with E-state index in [1.54, 1.807) is 4.90 Å². The van der Waals surface area contributed by atoms with Crippen LogP contribution in [-0.2, 0) is 34.0 Å². The Morgan fingerprint density at radius 2 is 1.66 bits per heavy atom. The third kappa shape index (κ3) is 7.15. The number of hydrogen-bond donors (Lipinski definition) is 4. The molecule has 4 N–H and O–H groups in total. The van der Waals surface area contributed by atoms with E-state index in [4.69, 9.17) is 4.74 Å². The molecule has 3 heterocycles. The van der Waals surface area contributed by atoms with Crippen LogP contribution in [0.5, 0.6) is 0 Å². The van der Waals surface area contributed by atoms with E-state index >= 15 is 0 Å². The highest BCUT2D eigenvalue weighted by atomic mass is 16.5. The summed E-state index contributed by atoms with van der Waals surface area (Å²) in [6, 6.07) is 14.1. The Kier molecular flexibility index (Phi) is 10.7. The molecular weight excluding hydrogens is 560 g/mol. The maximum Gasteiger partial charge on any atom is 0.251 e. The maximum absolute atomic E-state index is 13.8. The molecule has 3 aliphatic rings. The number of amides is 3. The molecule has 1 spiro atoms. The first-order chi connectivity index (χ1) is 21.3. The minimum Gasteiger partial charge on any atom is -0.392 e. The van der Waals surface area contributed by atoms with Gasteiger partial charge in [-0.25, -0.2) is 0 Å². The zero-order chi connectivity index (χ0) is 31.1. The van der Waals surface area contributed by atoms with Crippen LogP contribution in [0.15, 0.2) is 48.5 Å². The van der Waals surface area contributed by atoms with Gasteiger partial charge in [-0.15, -0.1) is 0 Å². The number of aliphatic hydroxyl groups is 2. The molecule has 2 aromatic rings. The van der Waals surface area contributed by atoms with E-state index in [2.05, 4.69) is 22.5 Å². The molecule has 2 aromatic carbocycles. The number of carbonyl (C=O) groups excluding carboxylic acids is 3. The van der Waals surface area contributed by atoms with Crippen LogP contribution < -0.4 is 10.6 Å². The van der Waals surface area contributed by atoms with E-state index in [0.717, 1.165) is 29.5 Å². The van der Waals surface area contributed by atoms with Gasteiger partial charge in [0.1, 0.15) is 11.6 Å². The third-order valence-corrected chi connectivity index (χ3v) is 9.55. The SMILES string of the molecule is CCCCN1C(=O)[C@@H]([C@H](O)C2CCOCC2)NC(=O)C12CCN(Cc1ccc(C(=O)NCc3ccc(CO)cc3)cc1)CC2. The molecule has 3 aliphatic heterocycles. The number of ether oxygens (including phenoxy) is 1. The Morgan fingerprint density at radius 1 is 1.02 bits per heavy atom. The third-order valence-electron chi connectivity index (χ3n) is 9.55. The lowest BCUT2D eigenvalue weighted by Gasteiger charge is -2.52. The number of aliphatic hydroxyl groups excluding tert-OH is 2. The number of likely N-dealkylation sites (tertiary alicyclic amines) is 1. The highest BCUT2D eigenvalue weighted by molar-refractivity contribution is 6.00. The van der Waals surface area contributed by atoms with Crippen molar-refractivity contribution in [1.82, 2.24) is 20.4 Å². The lowest BCUT2D eigenvalue weighted by atomic mass is 9.79. The summed E-state index contributed by atoms with van der Waals surface area (Å²) in [6.07, 6.45) is 3.24. The number of carbonyl (C=O) groups is 3. The fourth-order valence-electron chi connectivity index (χ4n) is 6.68. The predicted molar refractivity (Wildman–Crippen MR) is 165 cm³/mol. The van der Waals surface area contributed by atoms with Crippen LogP contribution in [0.25, 0.3) is 0 Å². The van der Waals surface area contributed by atoms with Gasteiger partial charge < -0.3 is 30.5 Å². The van der Waals surface area contributed by atoms with Gasteiger partial charge in [0.25, 0.3) is 5.91 Å². The molecule has 0 bridgehead atoms. The first-order valence-corrected chi connectivity index (χ1v) is 16.0. The van der Waals surface area contributed by atoms with E-state index < -0.39 is 17.7 Å². The number of unbranched alkanes of at least 4 members (excludes halogenated alkanes) is 1. The average Bonchev–Trinajstić information content (AvgIpc) is 3.07. The van der Waals surface area contributed by atoms with Gasteiger partial charge in [-0.3, -0.25) is 19.3 Å². The normalized spacial score (nSPS) is 21.7. The summed E-state index contributed by atoms with van der Waals surface area (Å²) in [6.45, 7) is 6.11. The molecule has 3 fully saturated rings. The van der Waals surface area contributed by atoms with Crippen LogP contribution >= 0.6 is 0 Å². The van der Waals surface area contributed by atoms with Crippen LogP contribution in [0.2, 0.25) is 0 Å².